The average molecular weight is 251 g/mol. The summed E-state index contributed by atoms with van der Waals surface area (Å²) < 4.78 is 0. The van der Waals surface area contributed by atoms with E-state index in [9.17, 15) is 0 Å². The smallest absolute Gasteiger partial charge is 0.0705 e. The molecular weight excluding hydrogens is 230 g/mol. The maximum Gasteiger partial charge on any atom is 0.0705 e. The van der Waals surface area contributed by atoms with Crippen molar-refractivity contribution in [1.82, 2.24) is 4.98 Å². The summed E-state index contributed by atoms with van der Waals surface area (Å²) in [6.45, 7) is 4.62. The first-order valence-corrected chi connectivity index (χ1v) is 7.31. The van der Waals surface area contributed by atoms with Gasteiger partial charge in [0.25, 0.3) is 0 Å². The molecule has 0 radical (unpaired) electrons. The predicted molar refractivity (Wildman–Crippen MR) is 80.0 cm³/mol. The lowest BCUT2D eigenvalue weighted by atomic mass is 9.95. The molecule has 0 aliphatic heterocycles. The van der Waals surface area contributed by atoms with Crippen LogP contribution in [0.5, 0.6) is 0 Å². The van der Waals surface area contributed by atoms with Crippen molar-refractivity contribution in [3.8, 4) is 11.3 Å². The third-order valence-corrected chi connectivity index (χ3v) is 4.80. The van der Waals surface area contributed by atoms with Crippen LogP contribution < -0.4 is 0 Å². The molecule has 0 bridgehead atoms. The second kappa shape index (κ2) is 4.80. The second-order valence-corrected chi connectivity index (χ2v) is 5.64. The highest BCUT2D eigenvalue weighted by Crippen LogP contribution is 2.63. The van der Waals surface area contributed by atoms with Gasteiger partial charge in [0.1, 0.15) is 0 Å². The van der Waals surface area contributed by atoms with E-state index in [-0.39, 0.29) is 0 Å². The van der Waals surface area contributed by atoms with Crippen molar-refractivity contribution in [3.63, 3.8) is 0 Å². The highest BCUT2D eigenvalue weighted by Gasteiger charge is 2.52. The molecule has 0 amide bonds. The van der Waals surface area contributed by atoms with Gasteiger partial charge >= 0.3 is 0 Å². The van der Waals surface area contributed by atoms with E-state index in [0.717, 1.165) is 5.69 Å². The van der Waals surface area contributed by atoms with E-state index in [2.05, 4.69) is 56.3 Å². The van der Waals surface area contributed by atoms with E-state index in [0.29, 0.717) is 11.3 Å². The molecule has 3 rings (SSSR count). The first-order chi connectivity index (χ1) is 9.29. The molecule has 1 heterocycles. The van der Waals surface area contributed by atoms with Crippen LogP contribution in [0.1, 0.15) is 44.7 Å². The fraction of sp³-hybridized carbons (Fsp3) is 0.389. The van der Waals surface area contributed by atoms with Gasteiger partial charge in [0.15, 0.2) is 0 Å². The van der Waals surface area contributed by atoms with Crippen LogP contribution >= 0.6 is 0 Å². The number of benzene rings is 1. The van der Waals surface area contributed by atoms with Gasteiger partial charge in [-0.2, -0.15) is 0 Å². The quantitative estimate of drug-likeness (QED) is 0.741. The van der Waals surface area contributed by atoms with Crippen molar-refractivity contribution in [3.05, 3.63) is 54.2 Å². The minimum Gasteiger partial charge on any atom is -0.253 e. The molecule has 0 N–H and O–H groups in total. The standard InChI is InChI=1S/C18H21N/c1-3-18(4-2)13-15(18)17-12-8-11-16(19-17)14-9-6-5-7-10-14/h5-12,15H,3-4,13H2,1-2H3. The molecule has 0 spiro atoms. The first kappa shape index (κ1) is 12.4. The number of aromatic nitrogens is 1. The van der Waals surface area contributed by atoms with Crippen LogP contribution in [-0.4, -0.2) is 4.98 Å². The van der Waals surface area contributed by atoms with Crippen LogP contribution in [0.2, 0.25) is 0 Å². The normalized spacial score (nSPS) is 20.2. The Morgan fingerprint density at radius 2 is 1.74 bits per heavy atom. The van der Waals surface area contributed by atoms with Crippen molar-refractivity contribution >= 4 is 0 Å². The van der Waals surface area contributed by atoms with Crippen molar-refractivity contribution in [1.29, 1.82) is 0 Å². The number of pyridine rings is 1. The fourth-order valence-corrected chi connectivity index (χ4v) is 3.21. The van der Waals surface area contributed by atoms with Gasteiger partial charge in [-0.3, -0.25) is 4.98 Å². The minimum atomic E-state index is 0.530. The van der Waals surface area contributed by atoms with Gasteiger partial charge in [-0.25, -0.2) is 0 Å². The van der Waals surface area contributed by atoms with E-state index < -0.39 is 0 Å². The first-order valence-electron chi connectivity index (χ1n) is 7.31. The summed E-state index contributed by atoms with van der Waals surface area (Å²) in [7, 11) is 0. The Kier molecular flexibility index (Phi) is 3.14. The molecule has 1 unspecified atom stereocenters. The maximum atomic E-state index is 4.90. The largest absolute Gasteiger partial charge is 0.253 e. The van der Waals surface area contributed by atoms with Crippen LogP contribution in [0.4, 0.5) is 0 Å². The molecule has 1 atom stereocenters. The number of nitrogens with zero attached hydrogens (tertiary/aromatic N) is 1. The van der Waals surface area contributed by atoms with E-state index in [1.54, 1.807) is 0 Å². The van der Waals surface area contributed by atoms with Crippen molar-refractivity contribution in [2.24, 2.45) is 5.41 Å². The molecule has 1 aliphatic rings. The molecule has 2 aromatic rings. The SMILES string of the molecule is CCC1(CC)CC1c1cccc(-c2ccccc2)n1. The Labute approximate surface area is 115 Å². The summed E-state index contributed by atoms with van der Waals surface area (Å²) >= 11 is 0. The summed E-state index contributed by atoms with van der Waals surface area (Å²) in [6, 6.07) is 16.9. The second-order valence-electron chi connectivity index (χ2n) is 5.64. The minimum absolute atomic E-state index is 0.530. The third-order valence-electron chi connectivity index (χ3n) is 4.80. The molecule has 19 heavy (non-hydrogen) atoms. The lowest BCUT2D eigenvalue weighted by molar-refractivity contribution is 0.453. The van der Waals surface area contributed by atoms with Gasteiger partial charge in [-0.15, -0.1) is 0 Å². The fourth-order valence-electron chi connectivity index (χ4n) is 3.21. The van der Waals surface area contributed by atoms with Gasteiger partial charge in [-0.1, -0.05) is 50.2 Å². The van der Waals surface area contributed by atoms with E-state index in [1.807, 2.05) is 6.07 Å². The Hall–Kier alpha value is -1.63. The lowest BCUT2D eigenvalue weighted by Gasteiger charge is -2.12. The van der Waals surface area contributed by atoms with Crippen molar-refractivity contribution in [2.75, 3.05) is 0 Å². The van der Waals surface area contributed by atoms with Crippen LogP contribution in [0.15, 0.2) is 48.5 Å². The molecular formula is C18H21N. The van der Waals surface area contributed by atoms with Gasteiger partial charge < -0.3 is 0 Å². The molecule has 1 aromatic carbocycles. The predicted octanol–water partition coefficient (Wildman–Crippen LogP) is 5.04. The van der Waals surface area contributed by atoms with Crippen LogP contribution in [0.3, 0.4) is 0 Å². The molecule has 1 nitrogen and oxygen atoms in total. The van der Waals surface area contributed by atoms with E-state index in [4.69, 9.17) is 4.98 Å². The molecule has 1 heteroatoms. The Morgan fingerprint density at radius 3 is 2.37 bits per heavy atom. The Morgan fingerprint density at radius 1 is 1.00 bits per heavy atom. The molecule has 1 aromatic heterocycles. The molecule has 1 fully saturated rings. The van der Waals surface area contributed by atoms with Gasteiger partial charge in [-0.05, 0) is 36.8 Å². The van der Waals surface area contributed by atoms with E-state index in [1.165, 1.54) is 30.5 Å². The number of rotatable bonds is 4. The highest BCUT2D eigenvalue weighted by atomic mass is 14.8. The molecule has 1 aliphatic carbocycles. The lowest BCUT2D eigenvalue weighted by Crippen LogP contribution is -2.01. The topological polar surface area (TPSA) is 12.9 Å². The summed E-state index contributed by atoms with van der Waals surface area (Å²) in [5.74, 6) is 0.672. The summed E-state index contributed by atoms with van der Waals surface area (Å²) in [6.07, 6.45) is 3.85. The maximum absolute atomic E-state index is 4.90. The third kappa shape index (κ3) is 2.18. The summed E-state index contributed by atoms with van der Waals surface area (Å²) in [5.41, 5.74) is 4.13. The van der Waals surface area contributed by atoms with Crippen LogP contribution in [0, 0.1) is 5.41 Å². The summed E-state index contributed by atoms with van der Waals surface area (Å²) in [4.78, 5) is 4.90. The zero-order valence-electron chi connectivity index (χ0n) is 11.8. The summed E-state index contributed by atoms with van der Waals surface area (Å²) in [5, 5.41) is 0. The van der Waals surface area contributed by atoms with Crippen molar-refractivity contribution in [2.45, 2.75) is 39.0 Å². The Bertz CT molecular complexity index is 555. The van der Waals surface area contributed by atoms with Crippen LogP contribution in [-0.2, 0) is 0 Å². The van der Waals surface area contributed by atoms with Crippen molar-refractivity contribution < 1.29 is 0 Å². The zero-order valence-corrected chi connectivity index (χ0v) is 11.8. The van der Waals surface area contributed by atoms with Gasteiger partial charge in [0.05, 0.1) is 5.69 Å². The Balaban J connectivity index is 1.90. The highest BCUT2D eigenvalue weighted by molar-refractivity contribution is 5.59. The number of hydrogen-bond donors (Lipinski definition) is 0. The van der Waals surface area contributed by atoms with Gasteiger partial charge in [0.2, 0.25) is 0 Å². The monoisotopic (exact) mass is 251 g/mol. The number of hydrogen-bond acceptors (Lipinski definition) is 1. The molecule has 98 valence electrons. The zero-order chi connectivity index (χ0) is 13.3. The van der Waals surface area contributed by atoms with E-state index >= 15 is 0 Å². The van der Waals surface area contributed by atoms with Crippen LogP contribution in [0.25, 0.3) is 11.3 Å². The molecule has 1 saturated carbocycles. The molecule has 0 saturated heterocycles. The average Bonchev–Trinajstić information content (AvgIpc) is 3.24. The van der Waals surface area contributed by atoms with Gasteiger partial charge in [0, 0.05) is 17.2 Å².